The van der Waals surface area contributed by atoms with E-state index < -0.39 is 17.8 Å². The molecule has 29 heavy (non-hydrogen) atoms. The van der Waals surface area contributed by atoms with E-state index in [1.165, 1.54) is 23.5 Å². The number of aryl methyl sites for hydroxylation is 1. The molecule has 0 saturated carbocycles. The van der Waals surface area contributed by atoms with Crippen molar-refractivity contribution in [1.29, 1.82) is 0 Å². The lowest BCUT2D eigenvalue weighted by atomic mass is 10.2. The molecule has 1 unspecified atom stereocenters. The van der Waals surface area contributed by atoms with Crippen molar-refractivity contribution in [3.05, 3.63) is 46.6 Å². The minimum absolute atomic E-state index is 0.0251. The fraction of sp³-hybridized carbons (Fsp3) is 0.450. The molecule has 1 aromatic carbocycles. The van der Waals surface area contributed by atoms with Gasteiger partial charge in [-0.25, -0.2) is 4.39 Å². The molecule has 2 amide bonds. The molecule has 0 spiro atoms. The number of nitrogens with one attached hydrogen (secondary N) is 1. The van der Waals surface area contributed by atoms with Crippen LogP contribution in [0.25, 0.3) is 0 Å². The van der Waals surface area contributed by atoms with E-state index in [1.807, 2.05) is 0 Å². The van der Waals surface area contributed by atoms with E-state index >= 15 is 0 Å². The van der Waals surface area contributed by atoms with Crippen molar-refractivity contribution >= 4 is 23.4 Å². The smallest absolute Gasteiger partial charge is 0.275 e. The fourth-order valence-electron chi connectivity index (χ4n) is 2.82. The van der Waals surface area contributed by atoms with E-state index in [0.717, 1.165) is 6.07 Å². The van der Waals surface area contributed by atoms with Gasteiger partial charge in [0.2, 0.25) is 5.91 Å². The molecular weight excluding hydrogens is 401 g/mol. The maximum absolute atomic E-state index is 13.7. The van der Waals surface area contributed by atoms with Gasteiger partial charge in [-0.15, -0.1) is 0 Å². The number of amides is 2. The average molecular weight is 426 g/mol. The zero-order valence-corrected chi connectivity index (χ0v) is 17.5. The molecule has 1 aliphatic heterocycles. The normalized spacial score (nSPS) is 15.5. The van der Waals surface area contributed by atoms with Crippen molar-refractivity contribution in [2.75, 3.05) is 6.54 Å². The number of benzene rings is 1. The summed E-state index contributed by atoms with van der Waals surface area (Å²) in [6, 6.07) is 4.82. The van der Waals surface area contributed by atoms with Crippen molar-refractivity contribution in [3.8, 4) is 5.75 Å². The van der Waals surface area contributed by atoms with Gasteiger partial charge in [0, 0.05) is 17.6 Å². The van der Waals surface area contributed by atoms with Crippen LogP contribution in [0.4, 0.5) is 4.39 Å². The van der Waals surface area contributed by atoms with Crippen LogP contribution in [0.3, 0.4) is 0 Å². The molecule has 2 heterocycles. The van der Waals surface area contributed by atoms with Crippen molar-refractivity contribution < 1.29 is 23.3 Å². The molecule has 0 radical (unpaired) electrons. The first kappa shape index (κ1) is 22.7. The van der Waals surface area contributed by atoms with E-state index in [-0.39, 0.29) is 23.1 Å². The van der Waals surface area contributed by atoms with Crippen molar-refractivity contribution in [2.24, 2.45) is 0 Å². The Morgan fingerprint density at radius 2 is 2.10 bits per heavy atom. The first-order valence-electron chi connectivity index (χ1n) is 9.49. The Kier molecular flexibility index (Phi) is 8.45. The largest absolute Gasteiger partial charge is 0.376 e. The average Bonchev–Trinajstić information content (AvgIpc) is 3.30. The van der Waals surface area contributed by atoms with Crippen LogP contribution in [-0.2, 0) is 16.0 Å². The van der Waals surface area contributed by atoms with Crippen molar-refractivity contribution in [2.45, 2.75) is 52.5 Å². The number of aromatic nitrogens is 1. The van der Waals surface area contributed by atoms with Gasteiger partial charge >= 0.3 is 0 Å². The SMILES string of the molecule is CCC.Cc1cc(CC(=O)N2CCCC2C(=O)NOc2ccc(Cl)cc2F)on1. The molecule has 158 valence electrons. The Balaban J connectivity index is 0.000000941. The molecule has 1 aliphatic rings. The van der Waals surface area contributed by atoms with Gasteiger partial charge in [-0.2, -0.15) is 5.48 Å². The molecule has 0 aliphatic carbocycles. The highest BCUT2D eigenvalue weighted by molar-refractivity contribution is 6.30. The van der Waals surface area contributed by atoms with Crippen LogP contribution >= 0.6 is 11.6 Å². The third-order valence-electron chi connectivity index (χ3n) is 4.03. The minimum atomic E-state index is -0.696. The standard InChI is InChI=1S/C17H17ClFN3O4.C3H8/c1-10-7-12(25-20-10)9-16(23)22-6-2-3-14(22)17(24)21-26-15-5-4-11(18)8-13(15)19;1-3-2/h4-5,7-8,14H,2-3,6,9H2,1H3,(H,21,24);3H2,1-2H3. The molecule has 2 aromatic rings. The Morgan fingerprint density at radius 1 is 1.38 bits per heavy atom. The zero-order valence-electron chi connectivity index (χ0n) is 16.7. The second-order valence-electron chi connectivity index (χ2n) is 6.71. The number of rotatable bonds is 5. The molecule has 1 fully saturated rings. The second-order valence-corrected chi connectivity index (χ2v) is 7.14. The van der Waals surface area contributed by atoms with Gasteiger partial charge in [-0.1, -0.05) is 37.0 Å². The number of likely N-dealkylation sites (tertiary alicyclic amines) is 1. The highest BCUT2D eigenvalue weighted by Gasteiger charge is 2.34. The van der Waals surface area contributed by atoms with Crippen LogP contribution in [0.2, 0.25) is 5.02 Å². The molecule has 3 rings (SSSR count). The van der Waals surface area contributed by atoms with Gasteiger partial charge < -0.3 is 14.3 Å². The van der Waals surface area contributed by atoms with Crippen LogP contribution in [-0.4, -0.2) is 34.5 Å². The van der Waals surface area contributed by atoms with Crippen molar-refractivity contribution in [1.82, 2.24) is 15.5 Å². The quantitative estimate of drug-likeness (QED) is 0.736. The predicted molar refractivity (Wildman–Crippen MR) is 106 cm³/mol. The van der Waals surface area contributed by atoms with Crippen LogP contribution in [0.5, 0.6) is 5.75 Å². The third-order valence-corrected chi connectivity index (χ3v) is 4.27. The third kappa shape index (κ3) is 6.45. The maximum Gasteiger partial charge on any atom is 0.275 e. The summed E-state index contributed by atoms with van der Waals surface area (Å²) in [6.07, 6.45) is 2.46. The molecule has 1 atom stereocenters. The summed E-state index contributed by atoms with van der Waals surface area (Å²) in [5.41, 5.74) is 2.88. The lowest BCUT2D eigenvalue weighted by Gasteiger charge is -2.23. The first-order chi connectivity index (χ1) is 13.8. The van der Waals surface area contributed by atoms with E-state index in [9.17, 15) is 14.0 Å². The summed E-state index contributed by atoms with van der Waals surface area (Å²) in [7, 11) is 0. The van der Waals surface area contributed by atoms with Gasteiger partial charge in [-0.3, -0.25) is 9.59 Å². The zero-order chi connectivity index (χ0) is 21.4. The molecule has 0 bridgehead atoms. The highest BCUT2D eigenvalue weighted by Crippen LogP contribution is 2.22. The summed E-state index contributed by atoms with van der Waals surface area (Å²) in [4.78, 5) is 31.3. The van der Waals surface area contributed by atoms with Gasteiger partial charge in [-0.05, 0) is 38.0 Å². The first-order valence-corrected chi connectivity index (χ1v) is 9.86. The van der Waals surface area contributed by atoms with Gasteiger partial charge in [0.15, 0.2) is 11.6 Å². The molecule has 7 nitrogen and oxygen atoms in total. The summed E-state index contributed by atoms with van der Waals surface area (Å²) in [5.74, 6) is -1.16. The number of hydroxylamine groups is 1. The number of carbonyl (C=O) groups excluding carboxylic acids is 2. The molecule has 1 aromatic heterocycles. The van der Waals surface area contributed by atoms with Crippen LogP contribution in [0, 0.1) is 12.7 Å². The summed E-state index contributed by atoms with van der Waals surface area (Å²) < 4.78 is 18.7. The van der Waals surface area contributed by atoms with Crippen LogP contribution in [0.15, 0.2) is 28.8 Å². The summed E-state index contributed by atoms with van der Waals surface area (Å²) in [5, 5.41) is 3.96. The molecule has 1 N–H and O–H groups in total. The van der Waals surface area contributed by atoms with Crippen molar-refractivity contribution in [3.63, 3.8) is 0 Å². The van der Waals surface area contributed by atoms with E-state index in [2.05, 4.69) is 24.5 Å². The van der Waals surface area contributed by atoms with Gasteiger partial charge in [0.05, 0.1) is 12.1 Å². The highest BCUT2D eigenvalue weighted by atomic mass is 35.5. The Hall–Kier alpha value is -2.61. The number of hydrogen-bond acceptors (Lipinski definition) is 5. The molecular formula is C20H25ClFN3O4. The Labute approximate surface area is 174 Å². The molecule has 1 saturated heterocycles. The summed E-state index contributed by atoms with van der Waals surface area (Å²) >= 11 is 5.67. The van der Waals surface area contributed by atoms with E-state index in [1.54, 1.807) is 13.0 Å². The second kappa shape index (κ2) is 10.8. The maximum atomic E-state index is 13.7. The van der Waals surface area contributed by atoms with Crippen LogP contribution < -0.4 is 10.3 Å². The monoisotopic (exact) mass is 425 g/mol. The van der Waals surface area contributed by atoms with Gasteiger partial charge in [0.1, 0.15) is 11.8 Å². The van der Waals surface area contributed by atoms with E-state index in [4.69, 9.17) is 21.0 Å². The predicted octanol–water partition coefficient (Wildman–Crippen LogP) is 3.84. The van der Waals surface area contributed by atoms with E-state index in [0.29, 0.717) is 30.8 Å². The van der Waals surface area contributed by atoms with Crippen LogP contribution in [0.1, 0.15) is 44.6 Å². The number of halogens is 2. The Bertz CT molecular complexity index is 843. The lowest BCUT2D eigenvalue weighted by Crippen LogP contribution is -2.47. The van der Waals surface area contributed by atoms with Gasteiger partial charge in [0.25, 0.3) is 5.91 Å². The summed E-state index contributed by atoms with van der Waals surface area (Å²) in [6.45, 7) is 6.47. The fourth-order valence-corrected chi connectivity index (χ4v) is 2.98. The number of carbonyl (C=O) groups is 2. The number of nitrogens with zero attached hydrogens (tertiary/aromatic N) is 2. The Morgan fingerprint density at radius 3 is 2.72 bits per heavy atom. The number of hydrogen-bond donors (Lipinski definition) is 1. The lowest BCUT2D eigenvalue weighted by molar-refractivity contribution is -0.141. The topological polar surface area (TPSA) is 84.7 Å². The molecule has 9 heteroatoms. The minimum Gasteiger partial charge on any atom is -0.376 e.